The summed E-state index contributed by atoms with van der Waals surface area (Å²) < 4.78 is 76.4. The van der Waals surface area contributed by atoms with Gasteiger partial charge in [-0.2, -0.15) is 13.2 Å². The molecule has 0 radical (unpaired) electrons. The number of likely N-dealkylation sites (tertiary alicyclic amines) is 1. The molecule has 262 valence electrons. The lowest BCUT2D eigenvalue weighted by Crippen LogP contribution is -2.54. The van der Waals surface area contributed by atoms with Gasteiger partial charge in [0.25, 0.3) is 5.92 Å². The van der Waals surface area contributed by atoms with E-state index in [9.17, 15) is 26.7 Å². The maximum Gasteiger partial charge on any atom is 0.433 e. The Labute approximate surface area is 282 Å². The zero-order valence-corrected chi connectivity index (χ0v) is 27.5. The van der Waals surface area contributed by atoms with Crippen LogP contribution in [0.3, 0.4) is 0 Å². The Hall–Kier alpha value is -4.46. The standard InChI is InChI=1S/C19H19F5N4O.C17H21NO2/c20-18(21)3-4-28(10-16(18)25)9-12-5-14(7-15(6-12)27-11-29)13-1-2-17(26-8-13)19(22,23)24;1-13(2)19-10-11-20-17-6-4-15(5-7-17)16-8-9-18-14(3)12-16/h1-2,5-8,11,16H,3-4,9-10,25H2,(H,27,29);4-9,12-13H,10-11H2,1-3H3. The number of carbonyl (C=O) groups excluding carboxylic acids is 1. The maximum absolute atomic E-state index is 13.6. The van der Waals surface area contributed by atoms with Gasteiger partial charge >= 0.3 is 6.18 Å². The Morgan fingerprint density at radius 1 is 0.980 bits per heavy atom. The van der Waals surface area contributed by atoms with Crippen molar-refractivity contribution in [1.82, 2.24) is 14.9 Å². The number of ether oxygens (including phenoxy) is 2. The summed E-state index contributed by atoms with van der Waals surface area (Å²) in [5, 5.41) is 2.51. The predicted octanol–water partition coefficient (Wildman–Crippen LogP) is 7.36. The second kappa shape index (κ2) is 16.8. The van der Waals surface area contributed by atoms with Crippen LogP contribution in [-0.4, -0.2) is 65.6 Å². The highest BCUT2D eigenvalue weighted by Gasteiger charge is 2.41. The zero-order valence-electron chi connectivity index (χ0n) is 27.5. The molecule has 8 nitrogen and oxygen atoms in total. The van der Waals surface area contributed by atoms with Crippen LogP contribution < -0.4 is 15.8 Å². The van der Waals surface area contributed by atoms with Crippen molar-refractivity contribution in [2.45, 2.75) is 58.0 Å². The number of aryl methyl sites for hydroxylation is 1. The van der Waals surface area contributed by atoms with E-state index in [0.29, 0.717) is 48.5 Å². The Morgan fingerprint density at radius 3 is 2.33 bits per heavy atom. The largest absolute Gasteiger partial charge is 0.491 e. The minimum absolute atomic E-state index is 0.00943. The number of aromatic nitrogens is 2. The highest BCUT2D eigenvalue weighted by molar-refractivity contribution is 5.76. The van der Waals surface area contributed by atoms with Crippen LogP contribution in [0.4, 0.5) is 27.6 Å². The number of amides is 1. The van der Waals surface area contributed by atoms with E-state index in [1.807, 2.05) is 45.2 Å². The number of benzene rings is 2. The molecule has 2 aromatic carbocycles. The van der Waals surface area contributed by atoms with E-state index in [0.717, 1.165) is 23.7 Å². The molecule has 1 unspecified atom stereocenters. The number of nitrogens with one attached hydrogen (secondary N) is 1. The van der Waals surface area contributed by atoms with Crippen molar-refractivity contribution in [3.63, 3.8) is 0 Å². The van der Waals surface area contributed by atoms with Gasteiger partial charge in [0, 0.05) is 55.4 Å². The fourth-order valence-corrected chi connectivity index (χ4v) is 5.14. The summed E-state index contributed by atoms with van der Waals surface area (Å²) in [6.07, 6.45) is -1.24. The Morgan fingerprint density at radius 2 is 1.71 bits per heavy atom. The van der Waals surface area contributed by atoms with Crippen molar-refractivity contribution in [1.29, 1.82) is 0 Å². The van der Waals surface area contributed by atoms with E-state index in [1.54, 1.807) is 23.1 Å². The van der Waals surface area contributed by atoms with Gasteiger partial charge in [-0.05, 0) is 91.6 Å². The number of pyridine rings is 2. The highest BCUT2D eigenvalue weighted by Crippen LogP contribution is 2.32. The summed E-state index contributed by atoms with van der Waals surface area (Å²) in [6, 6.07) is 18.1. The van der Waals surface area contributed by atoms with Crippen molar-refractivity contribution in [3.8, 4) is 28.0 Å². The Balaban J connectivity index is 0.000000237. The van der Waals surface area contributed by atoms with Gasteiger partial charge in [0.1, 0.15) is 18.1 Å². The summed E-state index contributed by atoms with van der Waals surface area (Å²) in [5.74, 6) is -2.04. The molecule has 3 heterocycles. The summed E-state index contributed by atoms with van der Waals surface area (Å²) in [4.78, 5) is 20.3. The van der Waals surface area contributed by atoms with Crippen LogP contribution in [-0.2, 0) is 22.3 Å². The first-order valence-electron chi connectivity index (χ1n) is 15.7. The van der Waals surface area contributed by atoms with Crippen LogP contribution in [0.25, 0.3) is 22.3 Å². The quantitative estimate of drug-likeness (QED) is 0.0966. The number of alkyl halides is 5. The van der Waals surface area contributed by atoms with Gasteiger partial charge in [0.05, 0.1) is 18.8 Å². The molecule has 1 saturated heterocycles. The van der Waals surface area contributed by atoms with Gasteiger partial charge in [-0.1, -0.05) is 18.2 Å². The molecule has 49 heavy (non-hydrogen) atoms. The van der Waals surface area contributed by atoms with Gasteiger partial charge in [0.2, 0.25) is 6.41 Å². The molecule has 3 N–H and O–H groups in total. The number of carbonyl (C=O) groups is 1. The lowest BCUT2D eigenvalue weighted by molar-refractivity contribution is -0.141. The van der Waals surface area contributed by atoms with Gasteiger partial charge in [-0.25, -0.2) is 8.78 Å². The van der Waals surface area contributed by atoms with E-state index in [1.165, 1.54) is 17.2 Å². The smallest absolute Gasteiger partial charge is 0.433 e. The Kier molecular flexibility index (Phi) is 12.8. The van der Waals surface area contributed by atoms with Crippen LogP contribution in [0.5, 0.6) is 5.75 Å². The summed E-state index contributed by atoms with van der Waals surface area (Å²) in [5.41, 5.74) is 10.0. The van der Waals surface area contributed by atoms with Gasteiger partial charge in [-0.15, -0.1) is 0 Å². The highest BCUT2D eigenvalue weighted by atomic mass is 19.4. The van der Waals surface area contributed by atoms with E-state index >= 15 is 0 Å². The van der Waals surface area contributed by atoms with E-state index in [4.69, 9.17) is 15.2 Å². The topological polar surface area (TPSA) is 103 Å². The molecule has 1 fully saturated rings. The minimum Gasteiger partial charge on any atom is -0.491 e. The second-order valence-electron chi connectivity index (χ2n) is 11.9. The van der Waals surface area contributed by atoms with Crippen molar-refractivity contribution in [3.05, 3.63) is 96.1 Å². The van der Waals surface area contributed by atoms with Crippen LogP contribution >= 0.6 is 0 Å². The number of piperidine rings is 1. The fraction of sp³-hybridized carbons (Fsp3) is 0.361. The molecule has 1 aliphatic heterocycles. The van der Waals surface area contributed by atoms with Crippen LogP contribution in [0.2, 0.25) is 0 Å². The first-order valence-corrected chi connectivity index (χ1v) is 15.7. The van der Waals surface area contributed by atoms with E-state index in [2.05, 4.69) is 33.5 Å². The lowest BCUT2D eigenvalue weighted by Gasteiger charge is -2.36. The molecule has 1 amide bonds. The van der Waals surface area contributed by atoms with Crippen molar-refractivity contribution >= 4 is 12.1 Å². The van der Waals surface area contributed by atoms with Crippen LogP contribution in [0.1, 0.15) is 37.2 Å². The molecular formula is C36H40F5N5O3. The van der Waals surface area contributed by atoms with E-state index < -0.39 is 23.8 Å². The fourth-order valence-electron chi connectivity index (χ4n) is 5.14. The monoisotopic (exact) mass is 685 g/mol. The molecule has 2 aromatic heterocycles. The molecule has 5 rings (SSSR count). The SMILES string of the molecule is Cc1cc(-c2ccc(OCCOC(C)C)cc2)ccn1.NC1CN(Cc2cc(NC=O)cc(-c3ccc(C(F)(F)F)nc3)c2)CCC1(F)F. The summed E-state index contributed by atoms with van der Waals surface area (Å²) in [7, 11) is 0. The average molecular weight is 686 g/mol. The van der Waals surface area contributed by atoms with Gasteiger partial charge in [0.15, 0.2) is 0 Å². The third-order valence-electron chi connectivity index (χ3n) is 7.66. The number of hydrogen-bond acceptors (Lipinski definition) is 7. The number of rotatable bonds is 11. The minimum atomic E-state index is -4.54. The number of hydrogen-bond donors (Lipinski definition) is 2. The van der Waals surface area contributed by atoms with Crippen LogP contribution in [0.15, 0.2) is 79.1 Å². The van der Waals surface area contributed by atoms with Gasteiger partial charge < -0.3 is 20.5 Å². The lowest BCUT2D eigenvalue weighted by atomic mass is 9.99. The molecule has 1 aliphatic rings. The number of nitrogens with two attached hydrogens (primary N) is 1. The molecule has 4 aromatic rings. The van der Waals surface area contributed by atoms with Crippen molar-refractivity contribution in [2.75, 3.05) is 31.6 Å². The molecule has 0 bridgehead atoms. The number of anilines is 1. The third kappa shape index (κ3) is 11.3. The van der Waals surface area contributed by atoms with E-state index in [-0.39, 0.29) is 25.6 Å². The molecular weight excluding hydrogens is 645 g/mol. The molecule has 0 saturated carbocycles. The number of halogens is 5. The zero-order chi connectivity index (χ0) is 35.6. The summed E-state index contributed by atoms with van der Waals surface area (Å²) >= 11 is 0. The second-order valence-corrected chi connectivity index (χ2v) is 11.9. The number of nitrogens with zero attached hydrogens (tertiary/aromatic N) is 3. The maximum atomic E-state index is 13.6. The third-order valence-corrected chi connectivity index (χ3v) is 7.66. The van der Waals surface area contributed by atoms with Crippen molar-refractivity contribution in [2.24, 2.45) is 5.73 Å². The first-order chi connectivity index (χ1) is 23.2. The molecule has 1 atom stereocenters. The van der Waals surface area contributed by atoms with Crippen LogP contribution in [0, 0.1) is 6.92 Å². The van der Waals surface area contributed by atoms with Gasteiger partial charge in [-0.3, -0.25) is 19.7 Å². The molecule has 0 aliphatic carbocycles. The average Bonchev–Trinajstić information content (AvgIpc) is 3.05. The summed E-state index contributed by atoms with van der Waals surface area (Å²) in [6.45, 7) is 7.69. The first kappa shape index (κ1) is 37.4. The Bertz CT molecular complexity index is 1650. The molecule has 0 spiro atoms. The normalized spacial score (nSPS) is 16.1. The molecule has 13 heteroatoms. The predicted molar refractivity (Wildman–Crippen MR) is 178 cm³/mol. The van der Waals surface area contributed by atoms with Crippen molar-refractivity contribution < 1.29 is 36.2 Å².